The highest BCUT2D eigenvalue weighted by Crippen LogP contribution is 2.16. The summed E-state index contributed by atoms with van der Waals surface area (Å²) < 4.78 is 0. The maximum Gasteiger partial charge on any atom is 0.257 e. The molecule has 1 aliphatic heterocycles. The van der Waals surface area contributed by atoms with Gasteiger partial charge in [-0.15, -0.1) is 0 Å². The second-order valence-electron chi connectivity index (χ2n) is 4.90. The van der Waals surface area contributed by atoms with Gasteiger partial charge in [-0.1, -0.05) is 0 Å². The van der Waals surface area contributed by atoms with Gasteiger partial charge in [-0.25, -0.2) is 4.98 Å². The normalized spacial score (nSPS) is 21.7. The summed E-state index contributed by atoms with van der Waals surface area (Å²) in [5.41, 5.74) is 6.28. The summed E-state index contributed by atoms with van der Waals surface area (Å²) in [6.07, 6.45) is 2.60. The van der Waals surface area contributed by atoms with Crippen LogP contribution < -0.4 is 5.73 Å². The Hall–Kier alpha value is -1.62. The van der Waals surface area contributed by atoms with Crippen molar-refractivity contribution in [3.05, 3.63) is 23.9 Å². The average Bonchev–Trinajstić information content (AvgIpc) is 2.50. The van der Waals surface area contributed by atoms with Crippen molar-refractivity contribution in [2.45, 2.75) is 19.4 Å². The lowest BCUT2D eigenvalue weighted by Crippen LogP contribution is -2.42. The SMILES string of the molecule is CC1CN(C)CCCN1C(=O)c1cccnc1N. The highest BCUT2D eigenvalue weighted by Gasteiger charge is 2.26. The van der Waals surface area contributed by atoms with Crippen molar-refractivity contribution < 1.29 is 4.79 Å². The number of nitrogens with two attached hydrogens (primary N) is 1. The molecule has 1 atom stereocenters. The van der Waals surface area contributed by atoms with Gasteiger partial charge in [0.25, 0.3) is 5.91 Å². The largest absolute Gasteiger partial charge is 0.383 e. The summed E-state index contributed by atoms with van der Waals surface area (Å²) in [4.78, 5) is 20.6. The Kier molecular flexibility index (Phi) is 3.81. The van der Waals surface area contributed by atoms with Crippen LogP contribution in [0.3, 0.4) is 0 Å². The van der Waals surface area contributed by atoms with Gasteiger partial charge in [-0.3, -0.25) is 4.79 Å². The average molecular weight is 248 g/mol. The molecule has 0 aromatic carbocycles. The number of hydrogen-bond donors (Lipinski definition) is 1. The van der Waals surface area contributed by atoms with E-state index in [-0.39, 0.29) is 11.9 Å². The Balaban J connectivity index is 2.20. The summed E-state index contributed by atoms with van der Waals surface area (Å²) in [6.45, 7) is 4.77. The van der Waals surface area contributed by atoms with E-state index in [4.69, 9.17) is 5.73 Å². The summed E-state index contributed by atoms with van der Waals surface area (Å²) in [5, 5.41) is 0. The van der Waals surface area contributed by atoms with Crippen LogP contribution in [0.1, 0.15) is 23.7 Å². The lowest BCUT2D eigenvalue weighted by molar-refractivity contribution is 0.0697. The number of pyridine rings is 1. The molecule has 1 aliphatic rings. The molecule has 5 nitrogen and oxygen atoms in total. The smallest absolute Gasteiger partial charge is 0.257 e. The molecule has 0 spiro atoms. The predicted octanol–water partition coefficient (Wildman–Crippen LogP) is 0.830. The van der Waals surface area contributed by atoms with Gasteiger partial charge >= 0.3 is 0 Å². The molecule has 1 aromatic rings. The zero-order valence-electron chi connectivity index (χ0n) is 11.0. The molecule has 18 heavy (non-hydrogen) atoms. The zero-order valence-corrected chi connectivity index (χ0v) is 11.0. The van der Waals surface area contributed by atoms with Gasteiger partial charge in [0, 0.05) is 25.3 Å². The number of aromatic nitrogens is 1. The van der Waals surface area contributed by atoms with Crippen molar-refractivity contribution in [2.24, 2.45) is 0 Å². The minimum absolute atomic E-state index is 0.0107. The fourth-order valence-electron chi connectivity index (χ4n) is 2.43. The van der Waals surface area contributed by atoms with E-state index in [9.17, 15) is 4.79 Å². The van der Waals surface area contributed by atoms with Crippen LogP contribution in [0.5, 0.6) is 0 Å². The van der Waals surface area contributed by atoms with Crippen LogP contribution in [0.4, 0.5) is 5.82 Å². The lowest BCUT2D eigenvalue weighted by atomic mass is 10.2. The van der Waals surface area contributed by atoms with Gasteiger partial charge in [0.2, 0.25) is 0 Å². The number of carbonyl (C=O) groups excluding carboxylic acids is 1. The van der Waals surface area contributed by atoms with Gasteiger partial charge in [0.1, 0.15) is 5.82 Å². The second kappa shape index (κ2) is 5.35. The Morgan fingerprint density at radius 1 is 1.50 bits per heavy atom. The Labute approximate surface area is 108 Å². The molecule has 1 fully saturated rings. The molecule has 98 valence electrons. The fourth-order valence-corrected chi connectivity index (χ4v) is 2.43. The quantitative estimate of drug-likeness (QED) is 0.799. The van der Waals surface area contributed by atoms with E-state index in [0.717, 1.165) is 26.1 Å². The molecule has 1 amide bonds. The third-order valence-electron chi connectivity index (χ3n) is 3.38. The van der Waals surface area contributed by atoms with Crippen LogP contribution in [0, 0.1) is 0 Å². The van der Waals surface area contributed by atoms with Crippen molar-refractivity contribution in [3.63, 3.8) is 0 Å². The second-order valence-corrected chi connectivity index (χ2v) is 4.90. The molecule has 1 aromatic heterocycles. The maximum atomic E-state index is 12.5. The van der Waals surface area contributed by atoms with Gasteiger partial charge in [0.15, 0.2) is 0 Å². The summed E-state index contributed by atoms with van der Waals surface area (Å²) in [5.74, 6) is 0.302. The molecule has 2 N–H and O–H groups in total. The Morgan fingerprint density at radius 2 is 2.28 bits per heavy atom. The highest BCUT2D eigenvalue weighted by molar-refractivity contribution is 5.98. The molecule has 5 heteroatoms. The van der Waals surface area contributed by atoms with Crippen LogP contribution in [0.25, 0.3) is 0 Å². The van der Waals surface area contributed by atoms with Crippen molar-refractivity contribution >= 4 is 11.7 Å². The van der Waals surface area contributed by atoms with E-state index in [0.29, 0.717) is 11.4 Å². The molecule has 1 saturated heterocycles. The number of nitrogens with zero attached hydrogens (tertiary/aromatic N) is 3. The maximum absolute atomic E-state index is 12.5. The Bertz CT molecular complexity index is 435. The monoisotopic (exact) mass is 248 g/mol. The van der Waals surface area contributed by atoms with Crippen LogP contribution >= 0.6 is 0 Å². The predicted molar refractivity (Wildman–Crippen MR) is 71.3 cm³/mol. The van der Waals surface area contributed by atoms with Gasteiger partial charge in [-0.2, -0.15) is 0 Å². The lowest BCUT2D eigenvalue weighted by Gasteiger charge is -2.28. The van der Waals surface area contributed by atoms with Crippen LogP contribution in [-0.4, -0.2) is 53.4 Å². The van der Waals surface area contributed by atoms with Crippen LogP contribution in [0.2, 0.25) is 0 Å². The van der Waals surface area contributed by atoms with Crippen molar-refractivity contribution in [3.8, 4) is 0 Å². The third kappa shape index (κ3) is 2.61. The standard InChI is InChI=1S/C13H20N4O/c1-10-9-16(2)7-4-8-17(10)13(18)11-5-3-6-15-12(11)14/h3,5-6,10H,4,7-9H2,1-2H3,(H2,14,15). The highest BCUT2D eigenvalue weighted by atomic mass is 16.2. The third-order valence-corrected chi connectivity index (χ3v) is 3.38. The fraction of sp³-hybridized carbons (Fsp3) is 0.538. The van der Waals surface area contributed by atoms with Gasteiger partial charge < -0.3 is 15.5 Å². The van der Waals surface area contributed by atoms with Crippen molar-refractivity contribution in [2.75, 3.05) is 32.4 Å². The van der Waals surface area contributed by atoms with E-state index < -0.39 is 0 Å². The van der Waals surface area contributed by atoms with Crippen molar-refractivity contribution in [1.82, 2.24) is 14.8 Å². The van der Waals surface area contributed by atoms with E-state index in [1.165, 1.54) is 0 Å². The molecule has 0 saturated carbocycles. The van der Waals surface area contributed by atoms with Crippen molar-refractivity contribution in [1.29, 1.82) is 0 Å². The van der Waals surface area contributed by atoms with E-state index in [2.05, 4.69) is 23.9 Å². The first-order valence-corrected chi connectivity index (χ1v) is 6.29. The number of carbonyl (C=O) groups is 1. The van der Waals surface area contributed by atoms with E-state index in [1.807, 2.05) is 4.90 Å². The number of anilines is 1. The minimum Gasteiger partial charge on any atom is -0.383 e. The summed E-state index contributed by atoms with van der Waals surface area (Å²) in [7, 11) is 2.09. The molecular formula is C13H20N4O. The van der Waals surface area contributed by atoms with Gasteiger partial charge in [-0.05, 0) is 39.1 Å². The molecule has 0 radical (unpaired) electrons. The first-order valence-electron chi connectivity index (χ1n) is 6.29. The van der Waals surface area contributed by atoms with E-state index in [1.54, 1.807) is 18.3 Å². The summed E-state index contributed by atoms with van der Waals surface area (Å²) >= 11 is 0. The zero-order chi connectivity index (χ0) is 13.1. The summed E-state index contributed by atoms with van der Waals surface area (Å²) in [6, 6.07) is 3.69. The number of amides is 1. The molecule has 1 unspecified atom stereocenters. The van der Waals surface area contributed by atoms with Crippen LogP contribution in [0.15, 0.2) is 18.3 Å². The first-order chi connectivity index (χ1) is 8.59. The number of hydrogen-bond acceptors (Lipinski definition) is 4. The molecule has 2 heterocycles. The Morgan fingerprint density at radius 3 is 3.00 bits per heavy atom. The molecule has 0 bridgehead atoms. The minimum atomic E-state index is -0.0107. The molecule has 0 aliphatic carbocycles. The molecule has 2 rings (SSSR count). The number of nitrogen functional groups attached to an aromatic ring is 1. The van der Waals surface area contributed by atoms with Gasteiger partial charge in [0.05, 0.1) is 5.56 Å². The number of likely N-dealkylation sites (N-methyl/N-ethyl adjacent to an activating group) is 1. The topological polar surface area (TPSA) is 62.5 Å². The molecular weight excluding hydrogens is 228 g/mol. The van der Waals surface area contributed by atoms with E-state index >= 15 is 0 Å². The van der Waals surface area contributed by atoms with Crippen LogP contribution in [-0.2, 0) is 0 Å². The number of rotatable bonds is 1. The first kappa shape index (κ1) is 12.8.